The van der Waals surface area contributed by atoms with Gasteiger partial charge >= 0.3 is 6.18 Å². The Hall–Kier alpha value is 0.0400. The van der Waals surface area contributed by atoms with Crippen molar-refractivity contribution in [1.82, 2.24) is 0 Å². The van der Waals surface area contributed by atoms with E-state index in [-0.39, 0.29) is 6.61 Å². The molecule has 1 unspecified atom stereocenters. The van der Waals surface area contributed by atoms with E-state index in [1.165, 1.54) is 0 Å². The molecule has 0 aliphatic rings. The van der Waals surface area contributed by atoms with Crippen molar-refractivity contribution in [2.45, 2.75) is 38.5 Å². The molecule has 1 atom stereocenters. The van der Waals surface area contributed by atoms with E-state index in [0.29, 0.717) is 12.3 Å². The van der Waals surface area contributed by atoms with Gasteiger partial charge < -0.3 is 4.74 Å². The molecular weight excluding hydrogens is 205 g/mol. The zero-order chi connectivity index (χ0) is 10.3. The largest absolute Gasteiger partial charge is 0.414 e. The van der Waals surface area contributed by atoms with Gasteiger partial charge in [0.2, 0.25) is 0 Å². The van der Waals surface area contributed by atoms with Crippen LogP contribution in [0.3, 0.4) is 0 Å². The van der Waals surface area contributed by atoms with Crippen LogP contribution in [0, 0.1) is 0 Å². The molecule has 0 amide bonds. The van der Waals surface area contributed by atoms with Gasteiger partial charge in [-0.15, -0.1) is 11.6 Å². The average molecular weight is 219 g/mol. The van der Waals surface area contributed by atoms with Crippen molar-refractivity contribution in [2.75, 3.05) is 12.5 Å². The van der Waals surface area contributed by atoms with Gasteiger partial charge in [0.1, 0.15) is 0 Å². The van der Waals surface area contributed by atoms with Gasteiger partial charge in [0.15, 0.2) is 6.10 Å². The summed E-state index contributed by atoms with van der Waals surface area (Å²) in [4.78, 5) is 0. The van der Waals surface area contributed by atoms with Crippen molar-refractivity contribution in [1.29, 1.82) is 0 Å². The lowest BCUT2D eigenvalue weighted by Crippen LogP contribution is -2.28. The monoisotopic (exact) mass is 218 g/mol. The van der Waals surface area contributed by atoms with Crippen molar-refractivity contribution >= 4 is 11.6 Å². The minimum absolute atomic E-state index is 0.150. The second-order valence-corrected chi connectivity index (χ2v) is 3.18. The highest BCUT2D eigenvalue weighted by atomic mass is 35.5. The molecule has 0 rings (SSSR count). The Kier molecular flexibility index (Phi) is 6.51. The molecule has 0 N–H and O–H groups in total. The summed E-state index contributed by atoms with van der Waals surface area (Å²) in [6.45, 7) is 1.17. The van der Waals surface area contributed by atoms with Crippen LogP contribution < -0.4 is 0 Å². The van der Waals surface area contributed by atoms with Crippen LogP contribution in [0.15, 0.2) is 0 Å². The molecule has 0 saturated heterocycles. The highest BCUT2D eigenvalue weighted by Crippen LogP contribution is 2.22. The lowest BCUT2D eigenvalue weighted by atomic mass is 10.2. The van der Waals surface area contributed by atoms with Crippen molar-refractivity contribution in [2.24, 2.45) is 0 Å². The van der Waals surface area contributed by atoms with Gasteiger partial charge in [-0.25, -0.2) is 0 Å². The summed E-state index contributed by atoms with van der Waals surface area (Å²) in [6.07, 6.45) is -3.64. The normalized spacial score (nSPS) is 14.5. The number of rotatable bonds is 6. The highest BCUT2D eigenvalue weighted by Gasteiger charge is 2.36. The molecule has 5 heteroatoms. The minimum Gasteiger partial charge on any atom is -0.369 e. The number of hydrogen-bond acceptors (Lipinski definition) is 1. The Labute approximate surface area is 81.2 Å². The lowest BCUT2D eigenvalue weighted by molar-refractivity contribution is -0.214. The van der Waals surface area contributed by atoms with Crippen molar-refractivity contribution in [3.63, 3.8) is 0 Å². The van der Waals surface area contributed by atoms with Crippen LogP contribution in [-0.2, 0) is 4.74 Å². The summed E-state index contributed by atoms with van der Waals surface area (Å²) >= 11 is 5.39. The van der Waals surface area contributed by atoms with Crippen LogP contribution in [0.5, 0.6) is 0 Å². The fourth-order valence-corrected chi connectivity index (χ4v) is 0.917. The molecule has 80 valence electrons. The maximum atomic E-state index is 11.9. The Morgan fingerprint density at radius 1 is 1.23 bits per heavy atom. The predicted molar refractivity (Wildman–Crippen MR) is 46.0 cm³/mol. The molecule has 0 aliphatic heterocycles. The fourth-order valence-electron chi connectivity index (χ4n) is 0.728. The number of ether oxygens (including phenoxy) is 1. The minimum atomic E-state index is -4.24. The molecular formula is C8H14ClF3O. The first-order valence-corrected chi connectivity index (χ1v) is 4.76. The van der Waals surface area contributed by atoms with Crippen LogP contribution in [0.1, 0.15) is 26.2 Å². The molecule has 0 aliphatic carbocycles. The Bertz CT molecular complexity index is 127. The Morgan fingerprint density at radius 3 is 2.31 bits per heavy atom. The van der Waals surface area contributed by atoms with Gasteiger partial charge in [-0.1, -0.05) is 0 Å². The molecule has 1 nitrogen and oxygen atoms in total. The van der Waals surface area contributed by atoms with Gasteiger partial charge in [0, 0.05) is 12.5 Å². The summed E-state index contributed by atoms with van der Waals surface area (Å²) in [5.74, 6) is 0.550. The first kappa shape index (κ1) is 13.0. The summed E-state index contributed by atoms with van der Waals surface area (Å²) in [5.41, 5.74) is 0. The zero-order valence-electron chi connectivity index (χ0n) is 7.53. The quantitative estimate of drug-likeness (QED) is 0.491. The van der Waals surface area contributed by atoms with E-state index in [9.17, 15) is 13.2 Å². The van der Waals surface area contributed by atoms with E-state index in [1.807, 2.05) is 0 Å². The molecule has 0 bridgehead atoms. The van der Waals surface area contributed by atoms with E-state index < -0.39 is 12.3 Å². The molecule has 0 aromatic heterocycles. The van der Waals surface area contributed by atoms with E-state index in [1.54, 1.807) is 0 Å². The Morgan fingerprint density at radius 2 is 1.85 bits per heavy atom. The highest BCUT2D eigenvalue weighted by molar-refractivity contribution is 6.17. The first-order valence-electron chi connectivity index (χ1n) is 4.22. The number of unbranched alkanes of at least 4 members (excludes halogenated alkanes) is 2. The first-order chi connectivity index (χ1) is 5.98. The SMILES string of the molecule is CC(OCCCCCCl)C(F)(F)F. The van der Waals surface area contributed by atoms with E-state index in [2.05, 4.69) is 4.74 Å². The molecule has 0 saturated carbocycles. The van der Waals surface area contributed by atoms with Gasteiger partial charge in [-0.05, 0) is 26.2 Å². The number of hydrogen-bond donors (Lipinski definition) is 0. The lowest BCUT2D eigenvalue weighted by Gasteiger charge is -2.15. The maximum Gasteiger partial charge on any atom is 0.414 e. The topological polar surface area (TPSA) is 9.23 Å². The summed E-state index contributed by atoms with van der Waals surface area (Å²) in [6, 6.07) is 0. The fraction of sp³-hybridized carbons (Fsp3) is 1.00. The third kappa shape index (κ3) is 7.14. The van der Waals surface area contributed by atoms with E-state index in [0.717, 1.165) is 19.8 Å². The summed E-state index contributed by atoms with van der Waals surface area (Å²) in [5, 5.41) is 0. The molecule has 0 heterocycles. The third-order valence-corrected chi connectivity index (χ3v) is 1.87. The van der Waals surface area contributed by atoms with E-state index >= 15 is 0 Å². The van der Waals surface area contributed by atoms with Crippen LogP contribution >= 0.6 is 11.6 Å². The predicted octanol–water partition coefficient (Wildman–Crippen LogP) is 3.36. The maximum absolute atomic E-state index is 11.9. The molecule has 0 spiro atoms. The van der Waals surface area contributed by atoms with Crippen molar-refractivity contribution in [3.05, 3.63) is 0 Å². The van der Waals surface area contributed by atoms with Crippen molar-refractivity contribution < 1.29 is 17.9 Å². The third-order valence-electron chi connectivity index (χ3n) is 1.61. The summed E-state index contributed by atoms with van der Waals surface area (Å²) in [7, 11) is 0. The molecule has 0 aromatic carbocycles. The van der Waals surface area contributed by atoms with Crippen molar-refractivity contribution in [3.8, 4) is 0 Å². The second-order valence-electron chi connectivity index (χ2n) is 2.80. The smallest absolute Gasteiger partial charge is 0.369 e. The van der Waals surface area contributed by atoms with Gasteiger partial charge in [0.05, 0.1) is 0 Å². The van der Waals surface area contributed by atoms with Crippen LogP contribution in [0.2, 0.25) is 0 Å². The van der Waals surface area contributed by atoms with Crippen LogP contribution in [0.25, 0.3) is 0 Å². The molecule has 0 radical (unpaired) electrons. The molecule has 13 heavy (non-hydrogen) atoms. The standard InChI is InChI=1S/C8H14ClF3O/c1-7(8(10,11)12)13-6-4-2-3-5-9/h7H,2-6H2,1H3. The molecule has 0 aromatic rings. The summed E-state index contributed by atoms with van der Waals surface area (Å²) < 4.78 is 40.2. The molecule has 0 fully saturated rings. The average Bonchev–Trinajstić information content (AvgIpc) is 2.02. The second kappa shape index (κ2) is 6.49. The zero-order valence-corrected chi connectivity index (χ0v) is 8.29. The van der Waals surface area contributed by atoms with Gasteiger partial charge in [-0.3, -0.25) is 0 Å². The van der Waals surface area contributed by atoms with Crippen LogP contribution in [0.4, 0.5) is 13.2 Å². The van der Waals surface area contributed by atoms with Crippen LogP contribution in [-0.4, -0.2) is 24.8 Å². The number of alkyl halides is 4. The van der Waals surface area contributed by atoms with Gasteiger partial charge in [0.25, 0.3) is 0 Å². The number of halogens is 4. The van der Waals surface area contributed by atoms with Gasteiger partial charge in [-0.2, -0.15) is 13.2 Å². The van der Waals surface area contributed by atoms with E-state index in [4.69, 9.17) is 11.6 Å². The Balaban J connectivity index is 3.32.